The Balaban J connectivity index is 1.65. The van der Waals surface area contributed by atoms with Crippen LogP contribution in [0.4, 0.5) is 0 Å². The zero-order chi connectivity index (χ0) is 17.3. The number of hydrogen-bond donors (Lipinski definition) is 2. The van der Waals surface area contributed by atoms with Crippen molar-refractivity contribution in [1.82, 2.24) is 16.0 Å². The van der Waals surface area contributed by atoms with Gasteiger partial charge in [-0.1, -0.05) is 19.0 Å². The highest BCUT2D eigenvalue weighted by molar-refractivity contribution is 7.14. The van der Waals surface area contributed by atoms with E-state index in [0.29, 0.717) is 34.2 Å². The highest BCUT2D eigenvalue weighted by atomic mass is 32.1. The second-order valence-electron chi connectivity index (χ2n) is 6.23. The molecule has 1 atom stereocenters. The molecule has 2 aromatic heterocycles. The van der Waals surface area contributed by atoms with Gasteiger partial charge in [-0.15, -0.1) is 11.3 Å². The molecule has 0 radical (unpaired) electrons. The van der Waals surface area contributed by atoms with E-state index >= 15 is 0 Å². The summed E-state index contributed by atoms with van der Waals surface area (Å²) in [4.78, 5) is 26.5. The smallest absolute Gasteiger partial charge is 0.279 e. The Morgan fingerprint density at radius 3 is 2.88 bits per heavy atom. The van der Waals surface area contributed by atoms with Crippen molar-refractivity contribution in [2.45, 2.75) is 46.5 Å². The molecule has 2 N–H and O–H groups in total. The van der Waals surface area contributed by atoms with Gasteiger partial charge in [0.2, 0.25) is 0 Å². The van der Waals surface area contributed by atoms with E-state index in [0.717, 1.165) is 19.3 Å². The third-order valence-corrected chi connectivity index (χ3v) is 5.57. The second kappa shape index (κ2) is 6.76. The van der Waals surface area contributed by atoms with Crippen LogP contribution in [0.5, 0.6) is 0 Å². The maximum atomic E-state index is 12.3. The maximum Gasteiger partial charge on any atom is 0.279 e. The monoisotopic (exact) mass is 347 g/mol. The van der Waals surface area contributed by atoms with Gasteiger partial charge in [-0.3, -0.25) is 20.4 Å². The number of rotatable bonds is 3. The topological polar surface area (TPSA) is 84.2 Å². The first-order valence-corrected chi connectivity index (χ1v) is 8.98. The summed E-state index contributed by atoms with van der Waals surface area (Å²) < 4.78 is 5.04. The summed E-state index contributed by atoms with van der Waals surface area (Å²) >= 11 is 1.51. The van der Waals surface area contributed by atoms with Crippen LogP contribution in [0.1, 0.15) is 62.2 Å². The van der Waals surface area contributed by atoms with E-state index in [9.17, 15) is 9.59 Å². The average molecular weight is 347 g/mol. The Hall–Kier alpha value is -2.15. The molecule has 6 nitrogen and oxygen atoms in total. The molecule has 0 saturated heterocycles. The minimum Gasteiger partial charge on any atom is -0.361 e. The molecular weight excluding hydrogens is 326 g/mol. The Morgan fingerprint density at radius 1 is 1.38 bits per heavy atom. The Morgan fingerprint density at radius 2 is 2.12 bits per heavy atom. The molecule has 1 aliphatic carbocycles. The fourth-order valence-electron chi connectivity index (χ4n) is 3.01. The van der Waals surface area contributed by atoms with Crippen LogP contribution in [0.15, 0.2) is 10.6 Å². The minimum absolute atomic E-state index is 0.289. The molecule has 0 fully saturated rings. The van der Waals surface area contributed by atoms with Gasteiger partial charge >= 0.3 is 0 Å². The summed E-state index contributed by atoms with van der Waals surface area (Å²) in [7, 11) is 0. The third-order valence-electron chi connectivity index (χ3n) is 4.34. The van der Waals surface area contributed by atoms with Crippen molar-refractivity contribution in [1.29, 1.82) is 0 Å². The molecule has 7 heteroatoms. The summed E-state index contributed by atoms with van der Waals surface area (Å²) in [5, 5.41) is 3.85. The zero-order valence-corrected chi connectivity index (χ0v) is 14.9. The first-order chi connectivity index (χ1) is 11.5. The van der Waals surface area contributed by atoms with Crippen LogP contribution >= 0.6 is 11.3 Å². The number of aromatic nitrogens is 1. The summed E-state index contributed by atoms with van der Waals surface area (Å²) in [5.74, 6) is 0.405. The molecule has 0 aromatic carbocycles. The number of carbonyl (C=O) groups excluding carboxylic acids is 2. The van der Waals surface area contributed by atoms with Crippen molar-refractivity contribution in [2.75, 3.05) is 0 Å². The predicted octanol–water partition coefficient (Wildman–Crippen LogP) is 2.81. The van der Waals surface area contributed by atoms with Gasteiger partial charge in [-0.05, 0) is 50.2 Å². The van der Waals surface area contributed by atoms with Crippen LogP contribution in [0.25, 0.3) is 0 Å². The molecule has 0 bridgehead atoms. The zero-order valence-electron chi connectivity index (χ0n) is 14.1. The fraction of sp³-hybridized carbons (Fsp3) is 0.471. The van der Waals surface area contributed by atoms with E-state index < -0.39 is 5.91 Å². The number of carbonyl (C=O) groups is 2. The molecule has 0 unspecified atom stereocenters. The normalized spacial score (nSPS) is 16.5. The van der Waals surface area contributed by atoms with E-state index in [1.54, 1.807) is 6.92 Å². The first-order valence-electron chi connectivity index (χ1n) is 8.17. The number of thiophene rings is 1. The minimum atomic E-state index is -0.408. The quantitative estimate of drug-likeness (QED) is 0.836. The lowest BCUT2D eigenvalue weighted by atomic mass is 9.90. The number of hydrazine groups is 1. The van der Waals surface area contributed by atoms with E-state index in [1.165, 1.54) is 21.8 Å². The highest BCUT2D eigenvalue weighted by Crippen LogP contribution is 2.32. The van der Waals surface area contributed by atoms with Crippen LogP contribution in [-0.2, 0) is 19.3 Å². The molecule has 2 aromatic rings. The molecule has 2 amide bonds. The first kappa shape index (κ1) is 16.7. The third kappa shape index (κ3) is 3.21. The molecule has 0 saturated carbocycles. The highest BCUT2D eigenvalue weighted by Gasteiger charge is 2.22. The van der Waals surface area contributed by atoms with Crippen molar-refractivity contribution in [3.05, 3.63) is 38.4 Å². The van der Waals surface area contributed by atoms with E-state index in [-0.39, 0.29) is 5.91 Å². The van der Waals surface area contributed by atoms with Gasteiger partial charge in [0.05, 0.1) is 10.6 Å². The number of aryl methyl sites for hydroxylation is 3. The second-order valence-corrected chi connectivity index (χ2v) is 7.37. The summed E-state index contributed by atoms with van der Waals surface area (Å²) in [6.45, 7) is 5.80. The van der Waals surface area contributed by atoms with Gasteiger partial charge in [-0.2, -0.15) is 0 Å². The van der Waals surface area contributed by atoms with Crippen LogP contribution in [0.3, 0.4) is 0 Å². The van der Waals surface area contributed by atoms with E-state index in [1.807, 2.05) is 13.0 Å². The van der Waals surface area contributed by atoms with Crippen molar-refractivity contribution >= 4 is 23.2 Å². The van der Waals surface area contributed by atoms with Crippen LogP contribution < -0.4 is 10.9 Å². The molecule has 24 heavy (non-hydrogen) atoms. The number of amides is 2. The van der Waals surface area contributed by atoms with E-state index in [2.05, 4.69) is 22.9 Å². The molecule has 3 rings (SSSR count). The van der Waals surface area contributed by atoms with Gasteiger partial charge in [0.25, 0.3) is 11.8 Å². The largest absolute Gasteiger partial charge is 0.361 e. The number of fused-ring (bicyclic) bond motifs is 1. The Bertz CT molecular complexity index is 778. The lowest BCUT2D eigenvalue weighted by Gasteiger charge is -2.16. The van der Waals surface area contributed by atoms with Crippen molar-refractivity contribution in [3.63, 3.8) is 0 Å². The van der Waals surface area contributed by atoms with Crippen molar-refractivity contribution < 1.29 is 14.1 Å². The average Bonchev–Trinajstić information content (AvgIpc) is 3.14. The SMILES string of the molecule is CCc1noc(C)c1C(=O)NNC(=O)c1cc2c(s1)CC[C@@H](C)C2. The Kier molecular flexibility index (Phi) is 4.71. The van der Waals surface area contributed by atoms with Gasteiger partial charge in [0, 0.05) is 4.88 Å². The number of hydrogen-bond acceptors (Lipinski definition) is 5. The van der Waals surface area contributed by atoms with Crippen molar-refractivity contribution in [2.24, 2.45) is 5.92 Å². The number of nitrogens with zero attached hydrogens (tertiary/aromatic N) is 1. The fourth-order valence-corrected chi connectivity index (χ4v) is 4.11. The summed E-state index contributed by atoms with van der Waals surface area (Å²) in [6, 6.07) is 1.94. The maximum absolute atomic E-state index is 12.3. The van der Waals surface area contributed by atoms with Crippen LogP contribution in [0.2, 0.25) is 0 Å². The summed E-state index contributed by atoms with van der Waals surface area (Å²) in [6.07, 6.45) is 3.80. The van der Waals surface area contributed by atoms with Gasteiger partial charge in [-0.25, -0.2) is 0 Å². The molecular formula is C17H21N3O3S. The lowest BCUT2D eigenvalue weighted by Crippen LogP contribution is -2.41. The van der Waals surface area contributed by atoms with Gasteiger partial charge in [0.1, 0.15) is 11.3 Å². The van der Waals surface area contributed by atoms with Crippen LogP contribution in [-0.4, -0.2) is 17.0 Å². The van der Waals surface area contributed by atoms with Crippen molar-refractivity contribution in [3.8, 4) is 0 Å². The predicted molar refractivity (Wildman–Crippen MR) is 91.1 cm³/mol. The van der Waals surface area contributed by atoms with E-state index in [4.69, 9.17) is 4.52 Å². The molecule has 128 valence electrons. The molecule has 2 heterocycles. The standard InChI is InChI=1S/C17H21N3O3S/c1-4-12-15(10(3)23-20-12)17(22)19-18-16(21)14-8-11-7-9(2)5-6-13(11)24-14/h8-9H,4-7H2,1-3H3,(H,18,21)(H,19,22)/t9-/m1/s1. The Labute approximate surface area is 144 Å². The molecule has 0 spiro atoms. The van der Waals surface area contributed by atoms with Gasteiger partial charge in [0.15, 0.2) is 0 Å². The lowest BCUT2D eigenvalue weighted by molar-refractivity contribution is 0.0847. The van der Waals surface area contributed by atoms with Crippen LogP contribution in [0, 0.1) is 12.8 Å². The molecule has 0 aliphatic heterocycles. The molecule has 1 aliphatic rings. The van der Waals surface area contributed by atoms with Gasteiger partial charge < -0.3 is 4.52 Å². The summed E-state index contributed by atoms with van der Waals surface area (Å²) in [5.41, 5.74) is 7.18. The number of nitrogens with one attached hydrogen (secondary N) is 2.